The average molecular weight is 518 g/mol. The number of carbonyl (C=O) groups is 1. The van der Waals surface area contributed by atoms with Gasteiger partial charge in [-0.3, -0.25) is 4.90 Å². The Bertz CT molecular complexity index is 1030. The van der Waals surface area contributed by atoms with Crippen LogP contribution in [-0.4, -0.2) is 28.7 Å². The van der Waals surface area contributed by atoms with Crippen molar-refractivity contribution < 1.29 is 40.6 Å². The number of alkyl halides is 6. The van der Waals surface area contributed by atoms with Crippen molar-refractivity contribution in [2.24, 2.45) is 5.92 Å². The van der Waals surface area contributed by atoms with Crippen LogP contribution in [0.1, 0.15) is 62.9 Å². The fourth-order valence-electron chi connectivity index (χ4n) is 4.36. The predicted octanol–water partition coefficient (Wildman–Crippen LogP) is 7.63. The third kappa shape index (κ3) is 6.32. The Kier molecular flexibility index (Phi) is 7.70. The topological polar surface area (TPSA) is 38.8 Å². The van der Waals surface area contributed by atoms with Gasteiger partial charge in [0.25, 0.3) is 0 Å². The Morgan fingerprint density at radius 3 is 1.89 bits per heavy atom. The molecule has 1 aliphatic heterocycles. The number of carbonyl (C=O) groups excluding carboxylic acids is 1. The maximum Gasteiger partial charge on any atom is 0.416 e. The fourth-order valence-corrected chi connectivity index (χ4v) is 4.36. The van der Waals surface area contributed by atoms with Crippen LogP contribution in [0.15, 0.2) is 48.5 Å². The lowest BCUT2D eigenvalue weighted by molar-refractivity contribution is -0.143. The summed E-state index contributed by atoms with van der Waals surface area (Å²) < 4.78 is 91.3. The zero-order valence-corrected chi connectivity index (χ0v) is 20.6. The van der Waals surface area contributed by atoms with E-state index >= 15 is 0 Å². The van der Waals surface area contributed by atoms with Crippen LogP contribution in [-0.2, 0) is 28.4 Å². The highest BCUT2D eigenvalue weighted by atomic mass is 19.4. The first-order valence-electron chi connectivity index (χ1n) is 11.5. The molecule has 36 heavy (non-hydrogen) atoms. The van der Waals surface area contributed by atoms with Crippen LogP contribution < -0.4 is 0 Å². The number of rotatable bonds is 4. The lowest BCUT2D eigenvalue weighted by Gasteiger charge is -2.32. The predicted molar refractivity (Wildman–Crippen MR) is 121 cm³/mol. The van der Waals surface area contributed by atoms with E-state index in [0.717, 1.165) is 0 Å². The van der Waals surface area contributed by atoms with Crippen molar-refractivity contribution in [3.8, 4) is 0 Å². The van der Waals surface area contributed by atoms with Gasteiger partial charge in [-0.1, -0.05) is 37.3 Å². The van der Waals surface area contributed by atoms with Gasteiger partial charge in [0.15, 0.2) is 0 Å². The number of hydrogen-bond acceptors (Lipinski definition) is 3. The number of ether oxygens (including phenoxy) is 2. The van der Waals surface area contributed by atoms with Gasteiger partial charge in [0.05, 0.1) is 29.9 Å². The molecule has 0 bridgehead atoms. The second kappa shape index (κ2) is 9.95. The molecule has 2 aromatic carbocycles. The van der Waals surface area contributed by atoms with Crippen LogP contribution in [0.5, 0.6) is 0 Å². The standard InChI is InChI=1S/C26H29F6NO3/c1-15-16(2)33(23(34)36-24(3,4)5)21(18-9-7-6-8-10-18)22(15)35-14-17-11-19(25(27,28)29)13-20(12-17)26(30,31)32/h6-13,15-16,21-22H,14H2,1-5H3/t15-,16-,21-,22-/m0/s1. The van der Waals surface area contributed by atoms with Crippen molar-refractivity contribution in [2.45, 2.75) is 77.4 Å². The third-order valence-electron chi connectivity index (χ3n) is 6.16. The van der Waals surface area contributed by atoms with Gasteiger partial charge in [-0.2, -0.15) is 26.3 Å². The Labute approximate surface area is 206 Å². The number of amides is 1. The smallest absolute Gasteiger partial charge is 0.416 e. The first-order valence-corrected chi connectivity index (χ1v) is 11.5. The molecule has 1 saturated heterocycles. The average Bonchev–Trinajstić information content (AvgIpc) is 3.00. The quantitative estimate of drug-likeness (QED) is 0.392. The molecule has 1 heterocycles. The first-order chi connectivity index (χ1) is 16.5. The van der Waals surface area contributed by atoms with E-state index in [1.165, 1.54) is 4.90 Å². The van der Waals surface area contributed by atoms with Crippen LogP contribution in [0.3, 0.4) is 0 Å². The third-order valence-corrected chi connectivity index (χ3v) is 6.16. The highest BCUT2D eigenvalue weighted by molar-refractivity contribution is 5.70. The zero-order valence-electron chi connectivity index (χ0n) is 20.6. The monoisotopic (exact) mass is 517 g/mol. The van der Waals surface area contributed by atoms with E-state index in [4.69, 9.17) is 9.47 Å². The maximum atomic E-state index is 13.3. The first kappa shape index (κ1) is 27.8. The van der Waals surface area contributed by atoms with Crippen molar-refractivity contribution in [1.82, 2.24) is 4.90 Å². The molecule has 1 fully saturated rings. The van der Waals surface area contributed by atoms with Crippen molar-refractivity contribution >= 4 is 6.09 Å². The van der Waals surface area contributed by atoms with Gasteiger partial charge >= 0.3 is 18.4 Å². The molecule has 2 aromatic rings. The largest absolute Gasteiger partial charge is 0.444 e. The zero-order chi connectivity index (χ0) is 27.1. The second-order valence-electron chi connectivity index (χ2n) is 10.0. The van der Waals surface area contributed by atoms with E-state index in [9.17, 15) is 31.1 Å². The van der Waals surface area contributed by atoms with Crippen LogP contribution >= 0.6 is 0 Å². The van der Waals surface area contributed by atoms with Gasteiger partial charge in [-0.15, -0.1) is 0 Å². The Morgan fingerprint density at radius 1 is 0.889 bits per heavy atom. The highest BCUT2D eigenvalue weighted by Gasteiger charge is 2.49. The summed E-state index contributed by atoms with van der Waals surface area (Å²) in [5, 5.41) is 0. The van der Waals surface area contributed by atoms with Crippen molar-refractivity contribution in [1.29, 1.82) is 0 Å². The molecule has 10 heteroatoms. The van der Waals surface area contributed by atoms with E-state index in [2.05, 4.69) is 0 Å². The van der Waals surface area contributed by atoms with Crippen molar-refractivity contribution in [3.63, 3.8) is 0 Å². The second-order valence-corrected chi connectivity index (χ2v) is 10.0. The van der Waals surface area contributed by atoms with Crippen molar-refractivity contribution in [2.75, 3.05) is 0 Å². The summed E-state index contributed by atoms with van der Waals surface area (Å²) >= 11 is 0. The number of likely N-dealkylation sites (tertiary alicyclic amines) is 1. The molecular weight excluding hydrogens is 488 g/mol. The van der Waals surface area contributed by atoms with E-state index in [1.54, 1.807) is 58.0 Å². The molecule has 198 valence electrons. The van der Waals surface area contributed by atoms with Crippen LogP contribution in [0.2, 0.25) is 0 Å². The molecular formula is C26H29F6NO3. The minimum Gasteiger partial charge on any atom is -0.444 e. The number of hydrogen-bond donors (Lipinski definition) is 0. The molecule has 0 radical (unpaired) electrons. The van der Waals surface area contributed by atoms with Gasteiger partial charge < -0.3 is 9.47 Å². The molecule has 0 spiro atoms. The summed E-state index contributed by atoms with van der Waals surface area (Å²) in [4.78, 5) is 14.7. The van der Waals surface area contributed by atoms with Gasteiger partial charge in [-0.05, 0) is 57.0 Å². The summed E-state index contributed by atoms with van der Waals surface area (Å²) in [6.07, 6.45) is -11.2. The van der Waals surface area contributed by atoms with E-state index in [-0.39, 0.29) is 23.6 Å². The molecule has 0 aliphatic carbocycles. The number of benzene rings is 2. The van der Waals surface area contributed by atoms with Crippen LogP contribution in [0.25, 0.3) is 0 Å². The Hall–Kier alpha value is -2.75. The van der Waals surface area contributed by atoms with Gasteiger partial charge in [0.1, 0.15) is 5.60 Å². The van der Waals surface area contributed by atoms with E-state index in [1.807, 2.05) is 6.92 Å². The minimum atomic E-state index is -4.95. The molecule has 0 aromatic heterocycles. The van der Waals surface area contributed by atoms with Gasteiger partial charge in [-0.25, -0.2) is 4.79 Å². The molecule has 1 aliphatic rings. The molecule has 4 atom stereocenters. The van der Waals surface area contributed by atoms with Crippen LogP contribution in [0, 0.1) is 5.92 Å². The van der Waals surface area contributed by atoms with Gasteiger partial charge in [0, 0.05) is 12.0 Å². The summed E-state index contributed by atoms with van der Waals surface area (Å²) in [7, 11) is 0. The summed E-state index contributed by atoms with van der Waals surface area (Å²) in [6.45, 7) is 8.31. The van der Waals surface area contributed by atoms with Crippen LogP contribution in [0.4, 0.5) is 31.1 Å². The molecule has 1 amide bonds. The summed E-state index contributed by atoms with van der Waals surface area (Å²) in [6, 6.07) is 9.28. The summed E-state index contributed by atoms with van der Waals surface area (Å²) in [5.74, 6) is -0.296. The molecule has 0 saturated carbocycles. The van der Waals surface area contributed by atoms with Crippen molar-refractivity contribution in [3.05, 3.63) is 70.8 Å². The number of nitrogens with zero attached hydrogens (tertiary/aromatic N) is 1. The number of halogens is 6. The fraction of sp³-hybridized carbons (Fsp3) is 0.500. The van der Waals surface area contributed by atoms with E-state index in [0.29, 0.717) is 17.7 Å². The Morgan fingerprint density at radius 2 is 1.42 bits per heavy atom. The SMILES string of the molecule is C[C@@H]1[C@H](OCc2cc(C(F)(F)F)cc(C(F)(F)F)c2)[C@H](c2ccccc2)N(C(=O)OC(C)(C)C)[C@H]1C. The lowest BCUT2D eigenvalue weighted by Crippen LogP contribution is -2.41. The molecule has 4 nitrogen and oxygen atoms in total. The maximum absolute atomic E-state index is 13.3. The molecule has 0 unspecified atom stereocenters. The lowest BCUT2D eigenvalue weighted by atomic mass is 9.95. The summed E-state index contributed by atoms with van der Waals surface area (Å²) in [5.41, 5.74) is -3.13. The highest BCUT2D eigenvalue weighted by Crippen LogP contribution is 2.43. The van der Waals surface area contributed by atoms with Gasteiger partial charge in [0.2, 0.25) is 0 Å². The Balaban J connectivity index is 1.96. The minimum absolute atomic E-state index is 0.0841. The normalized spacial score (nSPS) is 23.1. The molecule has 0 N–H and O–H groups in total. The molecule has 3 rings (SSSR count). The van der Waals surface area contributed by atoms with E-state index < -0.39 is 53.9 Å².